The predicted octanol–water partition coefficient (Wildman–Crippen LogP) is 4.17. The largest absolute Gasteiger partial charge is 0.490 e. The van der Waals surface area contributed by atoms with E-state index in [9.17, 15) is 0 Å². The molecule has 0 saturated heterocycles. The average Bonchev–Trinajstić information content (AvgIpc) is 2.42. The number of ether oxygens (including phenoxy) is 2. The predicted molar refractivity (Wildman–Crippen MR) is 87.4 cm³/mol. The lowest BCUT2D eigenvalue weighted by Crippen LogP contribution is -2.31. The summed E-state index contributed by atoms with van der Waals surface area (Å²) in [7, 11) is 3.69. The van der Waals surface area contributed by atoms with Gasteiger partial charge in [0.1, 0.15) is 12.4 Å². The van der Waals surface area contributed by atoms with Crippen LogP contribution in [0.3, 0.4) is 0 Å². The van der Waals surface area contributed by atoms with Crippen LogP contribution in [0.2, 0.25) is 0 Å². The number of hydrogen-bond donors (Lipinski definition) is 1. The Morgan fingerprint density at radius 1 is 1.30 bits per heavy atom. The maximum Gasteiger partial charge on any atom is 0.133 e. The van der Waals surface area contributed by atoms with Crippen molar-refractivity contribution < 1.29 is 9.47 Å². The molecule has 1 rings (SSSR count). The molecule has 1 atom stereocenters. The number of nitrogens with one attached hydrogen (secondary N) is 1. The van der Waals surface area contributed by atoms with Crippen molar-refractivity contribution in [3.8, 4) is 5.75 Å². The quantitative estimate of drug-likeness (QED) is 0.718. The number of hydrogen-bond acceptors (Lipinski definition) is 3. The molecule has 20 heavy (non-hydrogen) atoms. The van der Waals surface area contributed by atoms with Gasteiger partial charge in [-0.1, -0.05) is 26.8 Å². The number of rotatable bonds is 8. The van der Waals surface area contributed by atoms with E-state index in [1.54, 1.807) is 7.11 Å². The fourth-order valence-corrected chi connectivity index (χ4v) is 2.77. The van der Waals surface area contributed by atoms with Crippen molar-refractivity contribution in [3.63, 3.8) is 0 Å². The average molecular weight is 344 g/mol. The second kappa shape index (κ2) is 8.01. The second-order valence-electron chi connectivity index (χ2n) is 5.59. The zero-order chi connectivity index (χ0) is 15.2. The smallest absolute Gasteiger partial charge is 0.133 e. The van der Waals surface area contributed by atoms with Gasteiger partial charge in [-0.25, -0.2) is 0 Å². The minimum atomic E-state index is 0.201. The molecule has 1 aromatic carbocycles. The standard InChI is InChI=1S/C16H26BrNO2/c1-6-16(2,3)15(18-4)12-7-8-14(13(17)11-12)20-10-9-19-5/h7-8,11,15,18H,6,9-10H2,1-5H3. The summed E-state index contributed by atoms with van der Waals surface area (Å²) in [4.78, 5) is 0. The van der Waals surface area contributed by atoms with Crippen molar-refractivity contribution in [2.75, 3.05) is 27.4 Å². The lowest BCUT2D eigenvalue weighted by Gasteiger charge is -2.34. The van der Waals surface area contributed by atoms with Crippen LogP contribution in [0.4, 0.5) is 0 Å². The van der Waals surface area contributed by atoms with E-state index in [-0.39, 0.29) is 5.41 Å². The molecule has 0 aromatic heterocycles. The van der Waals surface area contributed by atoms with Crippen molar-refractivity contribution in [2.45, 2.75) is 33.2 Å². The maximum absolute atomic E-state index is 5.67. The van der Waals surface area contributed by atoms with Crippen LogP contribution in [0.25, 0.3) is 0 Å². The van der Waals surface area contributed by atoms with Gasteiger partial charge in [0, 0.05) is 13.2 Å². The molecule has 114 valence electrons. The SMILES string of the molecule is CCC(C)(C)C(NC)c1ccc(OCCOC)c(Br)c1. The van der Waals surface area contributed by atoms with Gasteiger partial charge in [-0.2, -0.15) is 0 Å². The van der Waals surface area contributed by atoms with E-state index in [2.05, 4.69) is 54.2 Å². The summed E-state index contributed by atoms with van der Waals surface area (Å²) >= 11 is 3.59. The van der Waals surface area contributed by atoms with Gasteiger partial charge in [-0.15, -0.1) is 0 Å². The monoisotopic (exact) mass is 343 g/mol. The second-order valence-corrected chi connectivity index (χ2v) is 6.45. The first-order chi connectivity index (χ1) is 9.46. The summed E-state index contributed by atoms with van der Waals surface area (Å²) < 4.78 is 11.6. The zero-order valence-electron chi connectivity index (χ0n) is 13.1. The van der Waals surface area contributed by atoms with Crippen LogP contribution >= 0.6 is 15.9 Å². The van der Waals surface area contributed by atoms with Gasteiger partial charge in [0.05, 0.1) is 11.1 Å². The van der Waals surface area contributed by atoms with Crippen molar-refractivity contribution in [1.82, 2.24) is 5.32 Å². The number of halogens is 1. The molecule has 1 N–H and O–H groups in total. The Balaban J connectivity index is 2.90. The highest BCUT2D eigenvalue weighted by Gasteiger charge is 2.28. The summed E-state index contributed by atoms with van der Waals surface area (Å²) in [5.74, 6) is 0.856. The molecule has 0 heterocycles. The lowest BCUT2D eigenvalue weighted by atomic mass is 9.78. The van der Waals surface area contributed by atoms with Crippen LogP contribution in [-0.4, -0.2) is 27.4 Å². The lowest BCUT2D eigenvalue weighted by molar-refractivity contribution is 0.146. The van der Waals surface area contributed by atoms with Gasteiger partial charge >= 0.3 is 0 Å². The molecule has 0 aliphatic rings. The molecule has 0 spiro atoms. The summed E-state index contributed by atoms with van der Waals surface area (Å²) in [6, 6.07) is 6.61. The van der Waals surface area contributed by atoms with Gasteiger partial charge in [0.15, 0.2) is 0 Å². The summed E-state index contributed by atoms with van der Waals surface area (Å²) in [6.45, 7) is 7.94. The first-order valence-corrected chi connectivity index (χ1v) is 7.84. The molecular formula is C16H26BrNO2. The highest BCUT2D eigenvalue weighted by atomic mass is 79.9. The molecule has 1 unspecified atom stereocenters. The Bertz CT molecular complexity index is 421. The molecule has 4 heteroatoms. The minimum absolute atomic E-state index is 0.201. The molecule has 0 fully saturated rings. The van der Waals surface area contributed by atoms with E-state index >= 15 is 0 Å². The van der Waals surface area contributed by atoms with Gasteiger partial charge in [-0.3, -0.25) is 0 Å². The highest BCUT2D eigenvalue weighted by molar-refractivity contribution is 9.10. The maximum atomic E-state index is 5.67. The molecule has 0 bridgehead atoms. The topological polar surface area (TPSA) is 30.5 Å². The van der Waals surface area contributed by atoms with E-state index in [1.807, 2.05) is 13.1 Å². The zero-order valence-corrected chi connectivity index (χ0v) is 14.7. The van der Waals surface area contributed by atoms with Crippen molar-refractivity contribution in [1.29, 1.82) is 0 Å². The van der Waals surface area contributed by atoms with E-state index in [0.717, 1.165) is 16.6 Å². The van der Waals surface area contributed by atoms with Crippen molar-refractivity contribution in [3.05, 3.63) is 28.2 Å². The fourth-order valence-electron chi connectivity index (χ4n) is 2.26. The first kappa shape index (κ1) is 17.5. The van der Waals surface area contributed by atoms with E-state index in [0.29, 0.717) is 19.3 Å². The Kier molecular flexibility index (Phi) is 7.00. The third-order valence-corrected chi connectivity index (χ3v) is 4.44. The van der Waals surface area contributed by atoms with Gasteiger partial charge in [0.2, 0.25) is 0 Å². The van der Waals surface area contributed by atoms with Crippen molar-refractivity contribution >= 4 is 15.9 Å². The van der Waals surface area contributed by atoms with E-state index in [1.165, 1.54) is 5.56 Å². The minimum Gasteiger partial charge on any atom is -0.490 e. The first-order valence-electron chi connectivity index (χ1n) is 7.04. The van der Waals surface area contributed by atoms with Crippen LogP contribution in [0.5, 0.6) is 5.75 Å². The summed E-state index contributed by atoms with van der Waals surface area (Å²) in [5.41, 5.74) is 1.47. The van der Waals surface area contributed by atoms with Gasteiger partial charge < -0.3 is 14.8 Å². The van der Waals surface area contributed by atoms with Gasteiger partial charge in [-0.05, 0) is 52.5 Å². The summed E-state index contributed by atoms with van der Waals surface area (Å²) in [5, 5.41) is 3.43. The number of methoxy groups -OCH3 is 1. The highest BCUT2D eigenvalue weighted by Crippen LogP contribution is 2.38. The van der Waals surface area contributed by atoms with Crippen LogP contribution in [0.1, 0.15) is 38.8 Å². The van der Waals surface area contributed by atoms with E-state index in [4.69, 9.17) is 9.47 Å². The van der Waals surface area contributed by atoms with Crippen LogP contribution in [-0.2, 0) is 4.74 Å². The van der Waals surface area contributed by atoms with Crippen molar-refractivity contribution in [2.24, 2.45) is 5.41 Å². The third kappa shape index (κ3) is 4.47. The number of benzene rings is 1. The van der Waals surface area contributed by atoms with Crippen LogP contribution in [0.15, 0.2) is 22.7 Å². The van der Waals surface area contributed by atoms with Crippen LogP contribution < -0.4 is 10.1 Å². The molecule has 1 aromatic rings. The Hall–Kier alpha value is -0.580. The molecule has 0 saturated carbocycles. The molecule has 0 aliphatic heterocycles. The molecule has 0 aliphatic carbocycles. The summed E-state index contributed by atoms with van der Waals surface area (Å²) in [6.07, 6.45) is 1.11. The molecular weight excluding hydrogens is 318 g/mol. The third-order valence-electron chi connectivity index (χ3n) is 3.82. The molecule has 0 radical (unpaired) electrons. The Labute approximate surface area is 131 Å². The normalized spacial score (nSPS) is 13.3. The molecule has 3 nitrogen and oxygen atoms in total. The Morgan fingerprint density at radius 2 is 2.00 bits per heavy atom. The molecule has 0 amide bonds. The van der Waals surface area contributed by atoms with Gasteiger partial charge in [0.25, 0.3) is 0 Å². The van der Waals surface area contributed by atoms with Crippen LogP contribution in [0, 0.1) is 5.41 Å². The fraction of sp³-hybridized carbons (Fsp3) is 0.625. The Morgan fingerprint density at radius 3 is 2.50 bits per heavy atom. The van der Waals surface area contributed by atoms with E-state index < -0.39 is 0 Å².